The number of fused-ring (bicyclic) bond motifs is 1. The molecule has 51 heteroatoms. The van der Waals surface area contributed by atoms with Crippen molar-refractivity contribution in [3.63, 3.8) is 0 Å². The van der Waals surface area contributed by atoms with Crippen molar-refractivity contribution >= 4 is 110 Å². The van der Waals surface area contributed by atoms with Crippen molar-refractivity contribution in [1.82, 2.24) is 10.3 Å². The summed E-state index contributed by atoms with van der Waals surface area (Å²) in [4.78, 5) is 55.8. The lowest BCUT2D eigenvalue weighted by molar-refractivity contribution is -0.385. The van der Waals surface area contributed by atoms with Gasteiger partial charge in [-0.2, -0.15) is 39.5 Å². The molecular formula is C99H121ClF14N4O25S7. The van der Waals surface area contributed by atoms with Crippen molar-refractivity contribution in [3.8, 4) is 11.5 Å². The quantitative estimate of drug-likeness (QED) is 0.0142. The Morgan fingerprint density at radius 1 is 0.473 bits per heavy atom. The van der Waals surface area contributed by atoms with E-state index < -0.39 is 133 Å². The van der Waals surface area contributed by atoms with Crippen molar-refractivity contribution < 1.29 is 168 Å². The summed E-state index contributed by atoms with van der Waals surface area (Å²) >= 11 is 5.59. The number of nitro groups is 1. The van der Waals surface area contributed by atoms with Gasteiger partial charge in [0.1, 0.15) is 35.5 Å². The van der Waals surface area contributed by atoms with E-state index in [1.807, 2.05) is 64.1 Å². The van der Waals surface area contributed by atoms with Crippen LogP contribution in [0.5, 0.6) is 11.5 Å². The van der Waals surface area contributed by atoms with Crippen LogP contribution in [0.2, 0.25) is 5.02 Å². The van der Waals surface area contributed by atoms with Crippen molar-refractivity contribution in [2.24, 2.45) is 5.73 Å². The van der Waals surface area contributed by atoms with Crippen LogP contribution in [0.1, 0.15) is 141 Å². The molecule has 1 amide bonds. The van der Waals surface area contributed by atoms with Gasteiger partial charge in [0.2, 0.25) is 5.91 Å². The number of halogens is 15. The third-order valence-electron chi connectivity index (χ3n) is 18.6. The number of nitrogens with zero attached hydrogens (tertiary/aromatic N) is 2. The average molecular weight is 2290 g/mol. The topological polar surface area (TPSA) is 447 Å². The van der Waals surface area contributed by atoms with Gasteiger partial charge in [0.05, 0.1) is 88.9 Å². The lowest BCUT2D eigenvalue weighted by atomic mass is 10.1. The Morgan fingerprint density at radius 2 is 0.900 bits per heavy atom. The summed E-state index contributed by atoms with van der Waals surface area (Å²) in [5.74, 6) is -1.70. The Bertz CT molecular complexity index is 6850. The van der Waals surface area contributed by atoms with Crippen LogP contribution in [0.25, 0.3) is 0 Å². The Kier molecular flexibility index (Phi) is 61.2. The van der Waals surface area contributed by atoms with E-state index >= 15 is 0 Å². The van der Waals surface area contributed by atoms with Gasteiger partial charge in [0, 0.05) is 116 Å². The molecule has 0 fully saturated rings. The molecule has 0 saturated carbocycles. The summed E-state index contributed by atoms with van der Waals surface area (Å²) in [5, 5.41) is 13.7. The fourth-order valence-electron chi connectivity index (χ4n) is 10.2. The van der Waals surface area contributed by atoms with E-state index in [2.05, 4.69) is 15.0 Å². The molecule has 0 bridgehead atoms. The molecule has 11 rings (SSSR count). The molecule has 1 aliphatic rings. The zero-order chi connectivity index (χ0) is 115. The highest BCUT2D eigenvalue weighted by atomic mass is 35.5. The van der Waals surface area contributed by atoms with Crippen LogP contribution >= 0.6 is 11.6 Å². The van der Waals surface area contributed by atoms with Gasteiger partial charge in [-0.3, -0.25) is 29.5 Å². The number of amides is 1. The zero-order valence-electron chi connectivity index (χ0n) is 83.8. The predicted octanol–water partition coefficient (Wildman–Crippen LogP) is 20.8. The number of carbonyl (C=O) groups is 4. The number of carbonyl (C=O) groups excluding carboxylic acids is 4. The number of nitro benzene ring substituents is 1. The molecule has 3 N–H and O–H groups in total. The highest BCUT2D eigenvalue weighted by Crippen LogP contribution is 2.35. The largest absolute Gasteiger partial charge is 0.573 e. The Balaban J connectivity index is 0. The van der Waals surface area contributed by atoms with Gasteiger partial charge >= 0.3 is 30.9 Å². The minimum Gasteiger partial charge on any atom is -0.493 e. The molecular weight excluding hydrogens is 2170 g/mol. The number of aromatic nitrogens is 1. The van der Waals surface area contributed by atoms with Gasteiger partial charge in [-0.25, -0.2) is 67.7 Å². The third-order valence-corrected chi connectivity index (χ3v) is 26.5. The van der Waals surface area contributed by atoms with Crippen LogP contribution in [0.4, 0.5) is 67.2 Å². The van der Waals surface area contributed by atoms with Crippen LogP contribution in [0.15, 0.2) is 247 Å². The number of alkyl halides is 12. The summed E-state index contributed by atoms with van der Waals surface area (Å²) in [5.41, 5.74) is 6.96. The number of Topliss-reactive ketones (excluding diaryl/α,β-unsaturated/α-hetero) is 2. The molecule has 834 valence electrons. The van der Waals surface area contributed by atoms with Crippen LogP contribution in [-0.4, -0.2) is 189 Å². The maximum Gasteiger partial charge on any atom is 0.573 e. The second-order valence-corrected chi connectivity index (χ2v) is 45.9. The summed E-state index contributed by atoms with van der Waals surface area (Å²) in [6, 6.07) is 46.4. The molecule has 29 nitrogen and oxygen atoms in total. The normalized spacial score (nSPS) is 11.6. The number of ether oxygens (including phenoxy) is 5. The minimum absolute atomic E-state index is 0. The molecule has 0 aliphatic carbocycles. The maximum absolute atomic E-state index is 12.9. The molecule has 0 radical (unpaired) electrons. The second-order valence-electron chi connectivity index (χ2n) is 31.4. The lowest BCUT2D eigenvalue weighted by Gasteiger charge is -2.17. The molecule has 150 heavy (non-hydrogen) atoms. The van der Waals surface area contributed by atoms with Gasteiger partial charge in [0.25, 0.3) is 5.69 Å². The SMILES string of the molecule is C.CC(=O)c1cccc(C(F)(F)F)c1.CCC(=O)NCCOCCOCCN.CCC(=O)OCc1ccccc1.CCC(C)=O.CCc1cccc(C(F)(F)F)c1.CS(=O)(=O)c1ccc2c(c1)OCCC2.CS(=O)(=O)c1cccc(C(F)(F)F)c1.CS(=O)(=O)c1cccc(Cl)c1.Cc1c(F)cc(S(C)(=O)=O)cc1F.Cc1ccc(S(C)(=O)=O)cc1OC(F)(F)F.Cc1ccc(S(C)(=O)=O)cc1[N+](=O)[O-].Cc1ccc(S(C)(=O)=O)cn1. The number of aryl methyl sites for hydroxylation is 5. The number of nitrogens with one attached hydrogen (secondary N) is 1. The maximum atomic E-state index is 12.9. The Hall–Kier alpha value is -11.8. The lowest BCUT2D eigenvalue weighted by Crippen LogP contribution is -2.26. The number of rotatable bonds is 24. The minimum atomic E-state index is -4.83. The molecule has 10 aromatic rings. The van der Waals surface area contributed by atoms with Crippen molar-refractivity contribution in [1.29, 1.82) is 0 Å². The number of ketones is 2. The van der Waals surface area contributed by atoms with E-state index in [1.165, 1.54) is 100 Å². The van der Waals surface area contributed by atoms with E-state index in [0.717, 1.165) is 127 Å². The van der Waals surface area contributed by atoms with Crippen LogP contribution in [-0.2, 0) is 135 Å². The van der Waals surface area contributed by atoms with E-state index in [9.17, 15) is 150 Å². The fourth-order valence-corrected chi connectivity index (χ4v) is 14.9. The number of hydrogen-bond acceptors (Lipinski definition) is 27. The second kappa shape index (κ2) is 65.5. The highest BCUT2D eigenvalue weighted by molar-refractivity contribution is 7.92. The van der Waals surface area contributed by atoms with Crippen molar-refractivity contribution in [3.05, 3.63) is 301 Å². The van der Waals surface area contributed by atoms with Gasteiger partial charge in [0.15, 0.2) is 74.6 Å². The molecule has 2 heterocycles. The molecule has 1 aliphatic heterocycles. The molecule has 1 aromatic heterocycles. The van der Waals surface area contributed by atoms with Gasteiger partial charge in [-0.1, -0.05) is 138 Å². The monoisotopic (exact) mass is 2290 g/mol. The van der Waals surface area contributed by atoms with Crippen LogP contribution in [0, 0.1) is 49.4 Å². The summed E-state index contributed by atoms with van der Waals surface area (Å²) in [6.45, 7) is 20.5. The number of nitrogens with two attached hydrogens (primary N) is 1. The van der Waals surface area contributed by atoms with Gasteiger partial charge in [-0.05, 0) is 192 Å². The first-order valence-corrected chi connectivity index (χ1v) is 57.2. The Morgan fingerprint density at radius 3 is 1.33 bits per heavy atom. The summed E-state index contributed by atoms with van der Waals surface area (Å²) in [7, 11) is -23.4. The molecule has 0 unspecified atom stereocenters. The Labute approximate surface area is 871 Å². The molecule has 0 atom stereocenters. The van der Waals surface area contributed by atoms with E-state index in [0.29, 0.717) is 106 Å². The average Bonchev–Trinajstić information content (AvgIpc) is 0.819. The van der Waals surface area contributed by atoms with Gasteiger partial charge in [-0.15, -0.1) is 13.2 Å². The number of benzene rings is 9. The first-order chi connectivity index (χ1) is 68.4. The summed E-state index contributed by atoms with van der Waals surface area (Å²) < 4.78 is 349. The zero-order valence-corrected chi connectivity index (χ0v) is 90.3. The van der Waals surface area contributed by atoms with E-state index in [1.54, 1.807) is 63.2 Å². The van der Waals surface area contributed by atoms with Crippen LogP contribution < -0.4 is 20.5 Å². The predicted molar refractivity (Wildman–Crippen MR) is 541 cm³/mol. The van der Waals surface area contributed by atoms with Crippen LogP contribution in [0.3, 0.4) is 0 Å². The summed E-state index contributed by atoms with van der Waals surface area (Å²) in [6.07, 6.45) is -5.14. The third kappa shape index (κ3) is 59.7. The van der Waals surface area contributed by atoms with Crippen molar-refractivity contribution in [2.75, 3.05) is 89.9 Å². The standard InChI is InChI=1S/C10H12O3S.C10H12O2.C9H9F3O3S.C9H7F3O.C9H9F3.C9H20N2O3.C8H7F3O2S.C8H8F2O2S.C8H9NO4S.C7H7ClO2S.C7H9NO2S.C4H8O.CH4/c1-14(11,12)9-5-4-8-3-2-6-13-10(8)7-9;1-2-10(11)12-8-9-6-4-3-5-7-9;1-6-3-4-7(16(2,13)14)5-8(6)15-9(10,11)12;1-6(13)7-3-2-4-8(5-7)9(10,11)12;1-2-7-4-3-5-8(6-7)9(10,11)12;1-2-9(12)11-4-6-14-8-7-13-5-3-10;1-14(12,13)7-4-2-3-6(5-7)8(9,10)11;1-5-7(9)3-6(4-8(5)10)13(2,11)12;1-6-3-4-7(14(2,12)13)5-8(6)9(10)11;1-11(9,10)7-4-2-3-6(8)5-7;1-6-3-4-7(5-8-6)11(2,9)10;1-3-4(2)5;/h4-5,7H,2-3,6H2,1H3;3-7H,2,8H2,1H3;3-5H,1-2H3;2-5H,1H3;3-6H,2H2,1H3;2-8,10H2,1H3,(H,11,12);2-5H,1H3;3-4H,1-2H3;3-5H,1-2H3;2-5H,1H3;3-5H,1-2H3;3H2,1-2H3;1H4. The van der Waals surface area contributed by atoms with Crippen molar-refractivity contribution in [2.45, 2.75) is 181 Å². The first kappa shape index (κ1) is 140. The smallest absolute Gasteiger partial charge is 0.493 e. The number of esters is 1. The number of sulfone groups is 7. The first-order valence-electron chi connectivity index (χ1n) is 43.6. The van der Waals surface area contributed by atoms with E-state index in [4.69, 9.17) is 36.3 Å². The molecule has 0 spiro atoms. The molecule has 0 saturated heterocycles. The van der Waals surface area contributed by atoms with Gasteiger partial charge < -0.3 is 39.5 Å². The fraction of sp³-hybridized carbons (Fsp3) is 0.364. The molecule has 9 aromatic carbocycles. The van der Waals surface area contributed by atoms with E-state index in [-0.39, 0.29) is 82.6 Å². The number of hydrogen-bond donors (Lipinski definition) is 2. The number of pyridine rings is 1. The highest BCUT2D eigenvalue weighted by Gasteiger charge is 2.35.